The van der Waals surface area contributed by atoms with Crippen molar-refractivity contribution in [1.29, 1.82) is 0 Å². The molecule has 0 radical (unpaired) electrons. The quantitative estimate of drug-likeness (QED) is 0.911. The van der Waals surface area contributed by atoms with Gasteiger partial charge in [-0.05, 0) is 37.0 Å². The molecule has 0 aromatic heterocycles. The van der Waals surface area contributed by atoms with Gasteiger partial charge in [0.05, 0.1) is 0 Å². The van der Waals surface area contributed by atoms with Crippen LogP contribution in [0.1, 0.15) is 51.0 Å². The van der Waals surface area contributed by atoms with E-state index in [9.17, 15) is 4.39 Å². The van der Waals surface area contributed by atoms with Crippen molar-refractivity contribution >= 4 is 0 Å². The largest absolute Gasteiger partial charge is 0.490 e. The first-order valence-corrected chi connectivity index (χ1v) is 7.82. The second-order valence-corrected chi connectivity index (χ2v) is 6.63. The van der Waals surface area contributed by atoms with Crippen molar-refractivity contribution in [2.24, 2.45) is 11.7 Å². The van der Waals surface area contributed by atoms with Crippen molar-refractivity contribution in [1.82, 2.24) is 0 Å². The van der Waals surface area contributed by atoms with Crippen molar-refractivity contribution in [2.75, 3.05) is 0 Å². The molecule has 20 heavy (non-hydrogen) atoms. The van der Waals surface area contributed by atoms with Crippen molar-refractivity contribution < 1.29 is 9.13 Å². The van der Waals surface area contributed by atoms with Gasteiger partial charge in [-0.1, -0.05) is 26.2 Å². The number of fused-ring (bicyclic) bond motifs is 1. The summed E-state index contributed by atoms with van der Waals surface area (Å²) in [5.74, 6) is 1.41. The Morgan fingerprint density at radius 1 is 1.45 bits per heavy atom. The number of hydrogen-bond donors (Lipinski definition) is 1. The summed E-state index contributed by atoms with van der Waals surface area (Å²) in [4.78, 5) is 0. The van der Waals surface area contributed by atoms with Crippen molar-refractivity contribution in [3.63, 3.8) is 0 Å². The van der Waals surface area contributed by atoms with Crippen LogP contribution in [0.2, 0.25) is 0 Å². The fourth-order valence-electron chi connectivity index (χ4n) is 3.91. The van der Waals surface area contributed by atoms with Crippen LogP contribution >= 0.6 is 0 Å². The highest BCUT2D eigenvalue weighted by molar-refractivity contribution is 5.38. The highest BCUT2D eigenvalue weighted by Crippen LogP contribution is 2.39. The van der Waals surface area contributed by atoms with Crippen LogP contribution in [0.5, 0.6) is 5.75 Å². The number of ether oxygens (including phenoxy) is 1. The summed E-state index contributed by atoms with van der Waals surface area (Å²) in [5, 5.41) is 0. The molecule has 1 aromatic rings. The molecule has 2 aliphatic rings. The topological polar surface area (TPSA) is 35.2 Å². The molecule has 1 aliphatic carbocycles. The molecule has 1 saturated carbocycles. The molecule has 0 saturated heterocycles. The Hall–Kier alpha value is -1.09. The Bertz CT molecular complexity index is 490. The molecule has 3 atom stereocenters. The van der Waals surface area contributed by atoms with Gasteiger partial charge in [-0.3, -0.25) is 0 Å². The van der Waals surface area contributed by atoms with Gasteiger partial charge in [-0.2, -0.15) is 0 Å². The molecule has 1 fully saturated rings. The maximum atomic E-state index is 13.2. The highest BCUT2D eigenvalue weighted by Gasteiger charge is 2.36. The van der Waals surface area contributed by atoms with Crippen LogP contribution in [0, 0.1) is 11.7 Å². The van der Waals surface area contributed by atoms with Crippen molar-refractivity contribution in [3.8, 4) is 5.75 Å². The minimum Gasteiger partial charge on any atom is -0.490 e. The molecule has 1 aromatic carbocycles. The average Bonchev–Trinajstić information content (AvgIpc) is 2.79. The monoisotopic (exact) mass is 277 g/mol. The molecule has 0 bridgehead atoms. The molecule has 110 valence electrons. The second kappa shape index (κ2) is 5.36. The van der Waals surface area contributed by atoms with E-state index in [2.05, 4.69) is 6.92 Å². The van der Waals surface area contributed by atoms with Gasteiger partial charge in [0.2, 0.25) is 0 Å². The average molecular weight is 277 g/mol. The van der Waals surface area contributed by atoms with Gasteiger partial charge >= 0.3 is 0 Å². The van der Waals surface area contributed by atoms with E-state index < -0.39 is 0 Å². The summed E-state index contributed by atoms with van der Waals surface area (Å²) in [6, 6.07) is 4.80. The van der Waals surface area contributed by atoms with E-state index in [-0.39, 0.29) is 17.5 Å². The molecule has 3 rings (SSSR count). The molecule has 0 spiro atoms. The molecular weight excluding hydrogens is 253 g/mol. The molecule has 0 amide bonds. The van der Waals surface area contributed by atoms with Gasteiger partial charge < -0.3 is 10.5 Å². The lowest BCUT2D eigenvalue weighted by atomic mass is 9.72. The first-order chi connectivity index (χ1) is 9.58. The lowest BCUT2D eigenvalue weighted by molar-refractivity contribution is 0.132. The molecule has 3 unspecified atom stereocenters. The zero-order valence-corrected chi connectivity index (χ0v) is 12.2. The summed E-state index contributed by atoms with van der Waals surface area (Å²) in [6.07, 6.45) is 7.75. The summed E-state index contributed by atoms with van der Waals surface area (Å²) in [7, 11) is 0. The van der Waals surface area contributed by atoms with Gasteiger partial charge in [0.1, 0.15) is 17.7 Å². The molecule has 2 nitrogen and oxygen atoms in total. The van der Waals surface area contributed by atoms with E-state index in [1.807, 2.05) is 0 Å². The van der Waals surface area contributed by atoms with Gasteiger partial charge in [0.15, 0.2) is 0 Å². The van der Waals surface area contributed by atoms with Crippen LogP contribution < -0.4 is 10.5 Å². The van der Waals surface area contributed by atoms with E-state index in [4.69, 9.17) is 10.5 Å². The SMILES string of the molecule is CCC1CCCC(N)(CC2Cc3cc(F)ccc3O2)C1. The van der Waals surface area contributed by atoms with Gasteiger partial charge in [-0.15, -0.1) is 0 Å². The highest BCUT2D eigenvalue weighted by atomic mass is 19.1. The Labute approximate surface area is 120 Å². The lowest BCUT2D eigenvalue weighted by Crippen LogP contribution is -2.47. The maximum absolute atomic E-state index is 13.2. The first kappa shape index (κ1) is 13.9. The Morgan fingerprint density at radius 3 is 3.10 bits per heavy atom. The van der Waals surface area contributed by atoms with Crippen LogP contribution in [0.3, 0.4) is 0 Å². The van der Waals surface area contributed by atoms with E-state index in [0.717, 1.165) is 42.9 Å². The fourth-order valence-corrected chi connectivity index (χ4v) is 3.91. The zero-order valence-electron chi connectivity index (χ0n) is 12.2. The summed E-state index contributed by atoms with van der Waals surface area (Å²) in [6.45, 7) is 2.25. The molecule has 3 heteroatoms. The van der Waals surface area contributed by atoms with E-state index in [1.54, 1.807) is 12.1 Å². The summed E-state index contributed by atoms with van der Waals surface area (Å²) in [5.41, 5.74) is 7.51. The zero-order chi connectivity index (χ0) is 14.2. The fraction of sp³-hybridized carbons (Fsp3) is 0.647. The number of benzene rings is 1. The Morgan fingerprint density at radius 2 is 2.30 bits per heavy atom. The molecule has 2 N–H and O–H groups in total. The third kappa shape index (κ3) is 2.83. The van der Waals surface area contributed by atoms with E-state index >= 15 is 0 Å². The lowest BCUT2D eigenvalue weighted by Gasteiger charge is -2.39. The van der Waals surface area contributed by atoms with E-state index in [0.29, 0.717) is 0 Å². The van der Waals surface area contributed by atoms with Crippen LogP contribution in [0.15, 0.2) is 18.2 Å². The summed E-state index contributed by atoms with van der Waals surface area (Å²) < 4.78 is 19.2. The molecular formula is C17H24FNO. The molecule has 1 heterocycles. The third-order valence-electron chi connectivity index (χ3n) is 4.96. The first-order valence-electron chi connectivity index (χ1n) is 7.82. The van der Waals surface area contributed by atoms with E-state index in [1.165, 1.54) is 25.3 Å². The number of halogens is 1. The normalized spacial score (nSPS) is 32.8. The predicted molar refractivity (Wildman–Crippen MR) is 78.3 cm³/mol. The summed E-state index contributed by atoms with van der Waals surface area (Å²) >= 11 is 0. The standard InChI is InChI=1S/C17H24FNO/c1-2-12-4-3-7-17(19,10-12)11-15-9-13-8-14(18)5-6-16(13)20-15/h5-6,8,12,15H,2-4,7,9-11,19H2,1H3. The second-order valence-electron chi connectivity index (χ2n) is 6.63. The Balaban J connectivity index is 1.65. The van der Waals surface area contributed by atoms with Gasteiger partial charge in [-0.25, -0.2) is 4.39 Å². The predicted octanol–water partition coefficient (Wildman–Crippen LogP) is 3.82. The van der Waals surface area contributed by atoms with Crippen LogP contribution in [-0.2, 0) is 6.42 Å². The van der Waals surface area contributed by atoms with Gasteiger partial charge in [0, 0.05) is 23.9 Å². The minimum absolute atomic E-state index is 0.0931. The van der Waals surface area contributed by atoms with Crippen molar-refractivity contribution in [2.45, 2.75) is 63.5 Å². The molecule has 1 aliphatic heterocycles. The van der Waals surface area contributed by atoms with Crippen molar-refractivity contribution in [3.05, 3.63) is 29.6 Å². The number of nitrogens with two attached hydrogens (primary N) is 1. The van der Waals surface area contributed by atoms with Gasteiger partial charge in [0.25, 0.3) is 0 Å². The minimum atomic E-state index is -0.181. The van der Waals surface area contributed by atoms with Crippen LogP contribution in [-0.4, -0.2) is 11.6 Å². The van der Waals surface area contributed by atoms with Crippen LogP contribution in [0.4, 0.5) is 4.39 Å². The smallest absolute Gasteiger partial charge is 0.123 e. The third-order valence-corrected chi connectivity index (χ3v) is 4.96. The number of hydrogen-bond acceptors (Lipinski definition) is 2. The maximum Gasteiger partial charge on any atom is 0.123 e. The van der Waals surface area contributed by atoms with Crippen LogP contribution in [0.25, 0.3) is 0 Å². The Kier molecular flexibility index (Phi) is 3.72. The number of rotatable bonds is 3.